The topological polar surface area (TPSA) is 87.4 Å². The molecule has 2 atom stereocenters. The number of nitrogens with zero attached hydrogens (tertiary/aromatic N) is 1. The Balaban J connectivity index is 5.55. The highest BCUT2D eigenvalue weighted by molar-refractivity contribution is 5.76. The zero-order valence-corrected chi connectivity index (χ0v) is 14.8. The maximum atomic E-state index is 12.2. The number of rotatable bonds is 8. The summed E-state index contributed by atoms with van der Waals surface area (Å²) in [6.07, 6.45) is 0.638. The van der Waals surface area contributed by atoms with Crippen molar-refractivity contribution in [3.63, 3.8) is 0 Å². The molecule has 0 saturated heterocycles. The van der Waals surface area contributed by atoms with Crippen LogP contribution in [0.25, 0.3) is 0 Å². The van der Waals surface area contributed by atoms with E-state index < -0.39 is 22.2 Å². The normalized spacial score (nSPS) is 17.2. The van der Waals surface area contributed by atoms with Crippen LogP contribution in [0.15, 0.2) is 0 Å². The van der Waals surface area contributed by atoms with E-state index >= 15 is 0 Å². The zero-order valence-electron chi connectivity index (χ0n) is 14.8. The molecule has 5 nitrogen and oxygen atoms in total. The van der Waals surface area contributed by atoms with Crippen molar-refractivity contribution in [1.29, 1.82) is 5.26 Å². The van der Waals surface area contributed by atoms with E-state index in [1.54, 1.807) is 6.92 Å². The van der Waals surface area contributed by atoms with E-state index in [4.69, 9.17) is 9.84 Å². The molecule has 0 bridgehead atoms. The van der Waals surface area contributed by atoms with Gasteiger partial charge in [0.15, 0.2) is 0 Å². The number of carboxylic acid groups (broad SMARTS) is 1. The van der Waals surface area contributed by atoms with Gasteiger partial charge >= 0.3 is 11.9 Å². The quantitative estimate of drug-likeness (QED) is 0.691. The van der Waals surface area contributed by atoms with Crippen molar-refractivity contribution in [1.82, 2.24) is 0 Å². The van der Waals surface area contributed by atoms with Gasteiger partial charge in [-0.25, -0.2) is 0 Å². The average molecular weight is 311 g/mol. The number of methoxy groups -OCH3 is 1. The highest BCUT2D eigenvalue weighted by Crippen LogP contribution is 2.51. The largest absolute Gasteiger partial charge is 0.481 e. The Morgan fingerprint density at radius 1 is 1.23 bits per heavy atom. The maximum Gasteiger partial charge on any atom is 0.311 e. The third-order valence-electron chi connectivity index (χ3n) is 5.31. The predicted molar refractivity (Wildman–Crippen MR) is 83.9 cm³/mol. The van der Waals surface area contributed by atoms with Crippen LogP contribution in [0, 0.1) is 33.5 Å². The van der Waals surface area contributed by atoms with Gasteiger partial charge in [0.2, 0.25) is 0 Å². The van der Waals surface area contributed by atoms with Crippen LogP contribution in [0.4, 0.5) is 0 Å². The van der Waals surface area contributed by atoms with E-state index in [1.165, 1.54) is 7.11 Å². The molecule has 0 fully saturated rings. The summed E-state index contributed by atoms with van der Waals surface area (Å²) in [7, 11) is 1.36. The molecule has 0 saturated carbocycles. The molecule has 5 heteroatoms. The van der Waals surface area contributed by atoms with Crippen molar-refractivity contribution in [2.75, 3.05) is 7.11 Å². The van der Waals surface area contributed by atoms with Gasteiger partial charge in [-0.1, -0.05) is 27.7 Å². The number of hydrogen-bond acceptors (Lipinski definition) is 4. The van der Waals surface area contributed by atoms with Gasteiger partial charge < -0.3 is 9.84 Å². The van der Waals surface area contributed by atoms with Gasteiger partial charge in [-0.05, 0) is 38.0 Å². The molecule has 0 aromatic carbocycles. The lowest BCUT2D eigenvalue weighted by Crippen LogP contribution is -2.44. The van der Waals surface area contributed by atoms with E-state index in [0.717, 1.165) is 0 Å². The van der Waals surface area contributed by atoms with E-state index in [2.05, 4.69) is 6.07 Å². The number of carbonyl (C=O) groups is 2. The second kappa shape index (κ2) is 7.13. The molecule has 0 aliphatic carbocycles. The van der Waals surface area contributed by atoms with E-state index in [0.29, 0.717) is 6.42 Å². The Morgan fingerprint density at radius 3 is 2.05 bits per heavy atom. The molecule has 0 heterocycles. The Labute approximate surface area is 133 Å². The smallest absolute Gasteiger partial charge is 0.311 e. The fraction of sp³-hybridized carbons (Fsp3) is 0.824. The lowest BCUT2D eigenvalue weighted by atomic mass is 9.57. The Morgan fingerprint density at radius 2 is 1.73 bits per heavy atom. The van der Waals surface area contributed by atoms with E-state index in [1.807, 2.05) is 34.6 Å². The Bertz CT molecular complexity index is 464. The second-order valence-electron chi connectivity index (χ2n) is 7.46. The molecule has 0 rings (SSSR count). The van der Waals surface area contributed by atoms with Crippen molar-refractivity contribution in [2.24, 2.45) is 22.2 Å². The van der Waals surface area contributed by atoms with Crippen LogP contribution >= 0.6 is 0 Å². The van der Waals surface area contributed by atoms with Crippen molar-refractivity contribution in [2.45, 2.75) is 60.8 Å². The van der Waals surface area contributed by atoms with Gasteiger partial charge in [0, 0.05) is 6.42 Å². The lowest BCUT2D eigenvalue weighted by Gasteiger charge is -2.45. The first kappa shape index (κ1) is 20.4. The molecule has 2 unspecified atom stereocenters. The number of nitriles is 1. The molecule has 0 radical (unpaired) electrons. The van der Waals surface area contributed by atoms with Crippen molar-refractivity contribution >= 4 is 11.9 Å². The highest BCUT2D eigenvalue weighted by atomic mass is 16.5. The summed E-state index contributed by atoms with van der Waals surface area (Å²) in [4.78, 5) is 23.1. The molecule has 0 spiro atoms. The van der Waals surface area contributed by atoms with Gasteiger partial charge in [-0.2, -0.15) is 5.26 Å². The SMILES string of the molecule is COC(=O)C(C)(CC(C)(C)C(C)(C#N)CCC(=O)O)C(C)C. The van der Waals surface area contributed by atoms with Crippen molar-refractivity contribution < 1.29 is 19.4 Å². The molecule has 126 valence electrons. The van der Waals surface area contributed by atoms with Gasteiger partial charge in [-0.15, -0.1) is 0 Å². The monoisotopic (exact) mass is 311 g/mol. The Kier molecular flexibility index (Phi) is 6.62. The fourth-order valence-electron chi connectivity index (χ4n) is 2.76. The van der Waals surface area contributed by atoms with Crippen molar-refractivity contribution in [3.05, 3.63) is 0 Å². The minimum Gasteiger partial charge on any atom is -0.481 e. The molecule has 1 N–H and O–H groups in total. The summed E-state index contributed by atoms with van der Waals surface area (Å²) in [6, 6.07) is 2.28. The van der Waals surface area contributed by atoms with E-state index in [9.17, 15) is 14.9 Å². The summed E-state index contributed by atoms with van der Waals surface area (Å²) in [6.45, 7) is 11.4. The van der Waals surface area contributed by atoms with Crippen LogP contribution in [-0.2, 0) is 14.3 Å². The molecule has 0 aromatic heterocycles. The molecule has 0 amide bonds. The van der Waals surface area contributed by atoms with Crippen LogP contribution < -0.4 is 0 Å². The summed E-state index contributed by atoms with van der Waals surface area (Å²) >= 11 is 0. The minimum atomic E-state index is -0.920. The average Bonchev–Trinajstić information content (AvgIpc) is 2.42. The summed E-state index contributed by atoms with van der Waals surface area (Å²) in [5.41, 5.74) is -2.10. The van der Waals surface area contributed by atoms with Crippen molar-refractivity contribution in [3.8, 4) is 6.07 Å². The molecule has 0 aliphatic rings. The zero-order chi connectivity index (χ0) is 17.8. The molecular weight excluding hydrogens is 282 g/mol. The first-order valence-electron chi connectivity index (χ1n) is 7.58. The standard InChI is InChI=1S/C17H29NO4/c1-12(2)17(6,14(21)22-7)10-15(3,4)16(5,11-18)9-8-13(19)20/h12H,8-10H2,1-7H3,(H,19,20). The molecule has 22 heavy (non-hydrogen) atoms. The fourth-order valence-corrected chi connectivity index (χ4v) is 2.76. The highest BCUT2D eigenvalue weighted by Gasteiger charge is 2.49. The van der Waals surface area contributed by atoms with Gasteiger partial charge in [0.25, 0.3) is 0 Å². The summed E-state index contributed by atoms with van der Waals surface area (Å²) < 4.78 is 4.95. The number of carboxylic acids is 1. The first-order valence-corrected chi connectivity index (χ1v) is 7.58. The van der Waals surface area contributed by atoms with Crippen LogP contribution in [0.1, 0.15) is 60.8 Å². The third kappa shape index (κ3) is 4.22. The number of esters is 1. The minimum absolute atomic E-state index is 0.0432. The lowest BCUT2D eigenvalue weighted by molar-refractivity contribution is -0.158. The summed E-state index contributed by atoms with van der Waals surface area (Å²) in [5, 5.41) is 18.5. The molecular formula is C17H29NO4. The number of ether oxygens (including phenoxy) is 1. The first-order chi connectivity index (χ1) is 9.86. The predicted octanol–water partition coefficient (Wildman–Crippen LogP) is 3.63. The second-order valence-corrected chi connectivity index (χ2v) is 7.46. The number of hydrogen-bond donors (Lipinski definition) is 1. The summed E-state index contributed by atoms with van der Waals surface area (Å²) in [5.74, 6) is -1.17. The third-order valence-corrected chi connectivity index (χ3v) is 5.31. The Hall–Kier alpha value is -1.57. The van der Waals surface area contributed by atoms with Gasteiger partial charge in [-0.3, -0.25) is 9.59 Å². The van der Waals surface area contributed by atoms with Crippen LogP contribution in [0.2, 0.25) is 0 Å². The van der Waals surface area contributed by atoms with Crippen LogP contribution in [0.3, 0.4) is 0 Å². The van der Waals surface area contributed by atoms with Crippen LogP contribution in [0.5, 0.6) is 0 Å². The maximum absolute atomic E-state index is 12.2. The molecule has 0 aliphatic heterocycles. The number of aliphatic carboxylic acids is 1. The number of carbonyl (C=O) groups excluding carboxylic acids is 1. The van der Waals surface area contributed by atoms with Crippen LogP contribution in [-0.4, -0.2) is 24.2 Å². The van der Waals surface area contributed by atoms with Gasteiger partial charge in [0.1, 0.15) is 0 Å². The van der Waals surface area contributed by atoms with Gasteiger partial charge in [0.05, 0.1) is 24.0 Å². The van der Waals surface area contributed by atoms with E-state index in [-0.39, 0.29) is 24.7 Å². The molecule has 0 aromatic rings.